The maximum absolute atomic E-state index is 4.00. The molecule has 0 saturated heterocycles. The number of nitrogens with zero attached hydrogens (tertiary/aromatic N) is 1. The van der Waals surface area contributed by atoms with Gasteiger partial charge in [-0.2, -0.15) is 0 Å². The number of rotatable bonds is 4. The second-order valence-corrected chi connectivity index (χ2v) is 5.04. The van der Waals surface area contributed by atoms with Gasteiger partial charge in [0.1, 0.15) is 0 Å². The highest BCUT2D eigenvalue weighted by Gasteiger charge is 2.14. The summed E-state index contributed by atoms with van der Waals surface area (Å²) >= 11 is 1.91. The third-order valence-electron chi connectivity index (χ3n) is 2.24. The largest absolute Gasteiger partial charge is 0.265 e. The van der Waals surface area contributed by atoms with Crippen LogP contribution in [0, 0.1) is 5.41 Å². The molecule has 0 fully saturated rings. The number of hydrogen-bond acceptors (Lipinski definition) is 2. The Morgan fingerprint density at radius 1 is 1.31 bits per heavy atom. The normalized spacial score (nSPS) is 11.6. The fourth-order valence-corrected chi connectivity index (χ4v) is 1.89. The topological polar surface area (TPSA) is 12.9 Å². The standard InChI is InChI=1S/C11H17NS/c1-4-11(2,3)9-13-10-5-7-12-8-6-10/h5-8H,4,9H2,1-3H3. The Morgan fingerprint density at radius 2 is 1.92 bits per heavy atom. The Kier molecular flexibility index (Phi) is 3.79. The molecule has 1 aromatic heterocycles. The van der Waals surface area contributed by atoms with Crippen LogP contribution in [0.15, 0.2) is 29.4 Å². The summed E-state index contributed by atoms with van der Waals surface area (Å²) in [5.74, 6) is 1.17. The first-order chi connectivity index (χ1) is 6.14. The van der Waals surface area contributed by atoms with Gasteiger partial charge < -0.3 is 0 Å². The van der Waals surface area contributed by atoms with Gasteiger partial charge in [-0.25, -0.2) is 0 Å². The summed E-state index contributed by atoms with van der Waals surface area (Å²) in [7, 11) is 0. The monoisotopic (exact) mass is 195 g/mol. The van der Waals surface area contributed by atoms with Crippen molar-refractivity contribution in [2.45, 2.75) is 32.1 Å². The van der Waals surface area contributed by atoms with Crippen LogP contribution in [0.2, 0.25) is 0 Å². The summed E-state index contributed by atoms with van der Waals surface area (Å²) in [6.07, 6.45) is 4.92. The van der Waals surface area contributed by atoms with Gasteiger partial charge in [-0.3, -0.25) is 4.98 Å². The molecule has 0 aliphatic carbocycles. The van der Waals surface area contributed by atoms with Crippen molar-refractivity contribution in [2.24, 2.45) is 5.41 Å². The molecule has 0 spiro atoms. The second-order valence-electron chi connectivity index (χ2n) is 3.99. The summed E-state index contributed by atoms with van der Waals surface area (Å²) in [6, 6.07) is 4.13. The quantitative estimate of drug-likeness (QED) is 0.681. The van der Waals surface area contributed by atoms with Crippen LogP contribution in [0.25, 0.3) is 0 Å². The van der Waals surface area contributed by atoms with E-state index in [9.17, 15) is 0 Å². The van der Waals surface area contributed by atoms with Crippen molar-refractivity contribution in [1.82, 2.24) is 4.98 Å². The summed E-state index contributed by atoms with van der Waals surface area (Å²) < 4.78 is 0. The van der Waals surface area contributed by atoms with Crippen molar-refractivity contribution in [2.75, 3.05) is 5.75 Å². The maximum Gasteiger partial charge on any atom is 0.0278 e. The summed E-state index contributed by atoms with van der Waals surface area (Å²) in [6.45, 7) is 6.86. The van der Waals surface area contributed by atoms with Crippen LogP contribution in [0.4, 0.5) is 0 Å². The number of hydrogen-bond donors (Lipinski definition) is 0. The first-order valence-electron chi connectivity index (χ1n) is 4.67. The van der Waals surface area contributed by atoms with E-state index in [0.29, 0.717) is 5.41 Å². The molecule has 0 amide bonds. The van der Waals surface area contributed by atoms with Crippen molar-refractivity contribution in [3.05, 3.63) is 24.5 Å². The third kappa shape index (κ3) is 3.81. The fourth-order valence-electron chi connectivity index (χ4n) is 0.815. The molecule has 1 heterocycles. The molecule has 0 atom stereocenters. The summed E-state index contributed by atoms with van der Waals surface area (Å²) in [5.41, 5.74) is 0.438. The molecule has 0 aromatic carbocycles. The number of pyridine rings is 1. The average Bonchev–Trinajstić information content (AvgIpc) is 2.17. The predicted molar refractivity (Wildman–Crippen MR) is 59.0 cm³/mol. The first kappa shape index (κ1) is 10.6. The Bertz CT molecular complexity index is 244. The number of thioether (sulfide) groups is 1. The molecule has 0 aliphatic rings. The maximum atomic E-state index is 4.00. The van der Waals surface area contributed by atoms with Gasteiger partial charge >= 0.3 is 0 Å². The van der Waals surface area contributed by atoms with Gasteiger partial charge in [0.25, 0.3) is 0 Å². The highest BCUT2D eigenvalue weighted by molar-refractivity contribution is 7.99. The van der Waals surface area contributed by atoms with Gasteiger partial charge in [0.05, 0.1) is 0 Å². The van der Waals surface area contributed by atoms with Crippen molar-refractivity contribution < 1.29 is 0 Å². The van der Waals surface area contributed by atoms with E-state index in [1.54, 1.807) is 0 Å². The summed E-state index contributed by atoms with van der Waals surface area (Å²) in [4.78, 5) is 5.31. The molecule has 0 N–H and O–H groups in total. The molecule has 72 valence electrons. The molecule has 13 heavy (non-hydrogen) atoms. The molecule has 0 saturated carbocycles. The van der Waals surface area contributed by atoms with Crippen LogP contribution in [0.3, 0.4) is 0 Å². The zero-order chi connectivity index (χ0) is 9.73. The SMILES string of the molecule is CCC(C)(C)CSc1ccncc1. The minimum Gasteiger partial charge on any atom is -0.265 e. The number of aromatic nitrogens is 1. The van der Waals surface area contributed by atoms with Crippen LogP contribution in [0.1, 0.15) is 27.2 Å². The minimum atomic E-state index is 0.438. The van der Waals surface area contributed by atoms with E-state index in [-0.39, 0.29) is 0 Å². The van der Waals surface area contributed by atoms with Gasteiger partial charge in [0.2, 0.25) is 0 Å². The van der Waals surface area contributed by atoms with Gasteiger partial charge in [0, 0.05) is 23.0 Å². The molecular formula is C11H17NS. The van der Waals surface area contributed by atoms with E-state index >= 15 is 0 Å². The lowest BCUT2D eigenvalue weighted by Gasteiger charge is -2.21. The molecule has 0 unspecified atom stereocenters. The lowest BCUT2D eigenvalue weighted by Crippen LogP contribution is -2.12. The van der Waals surface area contributed by atoms with E-state index < -0.39 is 0 Å². The molecule has 0 radical (unpaired) electrons. The molecular weight excluding hydrogens is 178 g/mol. The van der Waals surface area contributed by atoms with E-state index in [1.165, 1.54) is 17.1 Å². The Morgan fingerprint density at radius 3 is 2.46 bits per heavy atom. The van der Waals surface area contributed by atoms with E-state index in [0.717, 1.165) is 0 Å². The molecule has 1 rings (SSSR count). The highest BCUT2D eigenvalue weighted by Crippen LogP contribution is 2.29. The fraction of sp³-hybridized carbons (Fsp3) is 0.545. The zero-order valence-corrected chi connectivity index (χ0v) is 9.40. The smallest absolute Gasteiger partial charge is 0.0278 e. The van der Waals surface area contributed by atoms with Gasteiger partial charge in [0.15, 0.2) is 0 Å². The molecule has 0 aliphatic heterocycles. The lowest BCUT2D eigenvalue weighted by molar-refractivity contribution is 0.408. The van der Waals surface area contributed by atoms with Gasteiger partial charge in [-0.1, -0.05) is 27.2 Å². The third-order valence-corrected chi connectivity index (χ3v) is 3.77. The van der Waals surface area contributed by atoms with E-state index in [2.05, 4.69) is 37.9 Å². The molecule has 1 nitrogen and oxygen atoms in total. The average molecular weight is 195 g/mol. The first-order valence-corrected chi connectivity index (χ1v) is 5.65. The molecule has 0 bridgehead atoms. The molecule has 2 heteroatoms. The zero-order valence-electron chi connectivity index (χ0n) is 8.58. The van der Waals surface area contributed by atoms with E-state index in [4.69, 9.17) is 0 Å². The van der Waals surface area contributed by atoms with Crippen LogP contribution in [-0.2, 0) is 0 Å². The minimum absolute atomic E-state index is 0.438. The predicted octanol–water partition coefficient (Wildman–Crippen LogP) is 3.61. The van der Waals surface area contributed by atoms with Crippen LogP contribution < -0.4 is 0 Å². The van der Waals surface area contributed by atoms with Crippen LogP contribution in [0.5, 0.6) is 0 Å². The second kappa shape index (κ2) is 4.66. The Labute approximate surface area is 85.0 Å². The van der Waals surface area contributed by atoms with Crippen LogP contribution >= 0.6 is 11.8 Å². The van der Waals surface area contributed by atoms with Gasteiger partial charge in [-0.15, -0.1) is 11.8 Å². The summed E-state index contributed by atoms with van der Waals surface area (Å²) in [5, 5.41) is 0. The Hall–Kier alpha value is -0.500. The molecule has 1 aromatic rings. The van der Waals surface area contributed by atoms with Gasteiger partial charge in [-0.05, 0) is 17.5 Å². The van der Waals surface area contributed by atoms with Crippen molar-refractivity contribution in [3.8, 4) is 0 Å². The highest BCUT2D eigenvalue weighted by atomic mass is 32.2. The van der Waals surface area contributed by atoms with Crippen molar-refractivity contribution in [3.63, 3.8) is 0 Å². The van der Waals surface area contributed by atoms with Crippen molar-refractivity contribution in [1.29, 1.82) is 0 Å². The van der Waals surface area contributed by atoms with Crippen molar-refractivity contribution >= 4 is 11.8 Å². The Balaban J connectivity index is 2.44. The van der Waals surface area contributed by atoms with Crippen LogP contribution in [-0.4, -0.2) is 10.7 Å². The lowest BCUT2D eigenvalue weighted by atomic mass is 9.93. The van der Waals surface area contributed by atoms with E-state index in [1.807, 2.05) is 24.2 Å².